The van der Waals surface area contributed by atoms with Crippen molar-refractivity contribution in [3.05, 3.63) is 72.3 Å². The number of hydrogen-bond donors (Lipinski definition) is 3. The van der Waals surface area contributed by atoms with Gasteiger partial charge in [-0.15, -0.1) is 0 Å². The number of rotatable bonds is 5. The van der Waals surface area contributed by atoms with Gasteiger partial charge < -0.3 is 10.4 Å². The van der Waals surface area contributed by atoms with Gasteiger partial charge in [-0.3, -0.25) is 19.7 Å². The van der Waals surface area contributed by atoms with Crippen molar-refractivity contribution in [1.29, 1.82) is 0 Å². The second-order valence-corrected chi connectivity index (χ2v) is 9.62. The van der Waals surface area contributed by atoms with E-state index in [1.807, 2.05) is 53.3 Å². The molecule has 0 spiro atoms. The highest BCUT2D eigenvalue weighted by molar-refractivity contribution is 6.06. The number of nitrogens with one attached hydrogen (secondary N) is 1. The molecule has 4 aromatic rings. The summed E-state index contributed by atoms with van der Waals surface area (Å²) in [4.78, 5) is 17.8. The third kappa shape index (κ3) is 4.25. The summed E-state index contributed by atoms with van der Waals surface area (Å²) in [5.41, 5.74) is 3.87. The van der Waals surface area contributed by atoms with Crippen molar-refractivity contribution in [2.45, 2.75) is 56.6 Å². The number of amides is 1. The summed E-state index contributed by atoms with van der Waals surface area (Å²) in [7, 11) is 0. The van der Waals surface area contributed by atoms with Gasteiger partial charge >= 0.3 is 11.6 Å². The van der Waals surface area contributed by atoms with Gasteiger partial charge in [-0.2, -0.15) is 5.10 Å². The van der Waals surface area contributed by atoms with E-state index in [0.29, 0.717) is 11.6 Å². The highest BCUT2D eigenvalue weighted by atomic mass is 16.5. The lowest BCUT2D eigenvalue weighted by atomic mass is 9.93. The van der Waals surface area contributed by atoms with Gasteiger partial charge in [-0.1, -0.05) is 6.07 Å². The molecule has 0 atom stereocenters. The Hall–Kier alpha value is -3.78. The van der Waals surface area contributed by atoms with Crippen molar-refractivity contribution >= 4 is 22.5 Å². The number of anilines is 1. The van der Waals surface area contributed by atoms with Crippen LogP contribution in [0, 0.1) is 0 Å². The van der Waals surface area contributed by atoms with Gasteiger partial charge in [0, 0.05) is 46.1 Å². The molecule has 2 aliphatic carbocycles. The van der Waals surface area contributed by atoms with E-state index in [9.17, 15) is 15.1 Å². The highest BCUT2D eigenvalue weighted by Gasteiger charge is 2.35. The number of hydrogen-bond acceptors (Lipinski definition) is 5. The lowest BCUT2D eigenvalue weighted by Gasteiger charge is -2.25. The van der Waals surface area contributed by atoms with Crippen LogP contribution in [0.15, 0.2) is 60.9 Å². The Morgan fingerprint density at radius 1 is 1.03 bits per heavy atom. The van der Waals surface area contributed by atoms with E-state index in [1.54, 1.807) is 12.3 Å². The van der Waals surface area contributed by atoms with Crippen molar-refractivity contribution in [3.63, 3.8) is 0 Å². The summed E-state index contributed by atoms with van der Waals surface area (Å²) < 4.78 is 3.01. The topological polar surface area (TPSA) is 104 Å². The lowest BCUT2D eigenvalue weighted by Crippen LogP contribution is -2.43. The fourth-order valence-electron chi connectivity index (χ4n) is 5.00. The van der Waals surface area contributed by atoms with Gasteiger partial charge in [0.25, 0.3) is 0 Å². The predicted octanol–water partition coefficient (Wildman–Crippen LogP) is 4.23. The average molecular weight is 471 g/mol. The first-order valence-corrected chi connectivity index (χ1v) is 12.2. The summed E-state index contributed by atoms with van der Waals surface area (Å²) in [6.07, 6.45) is 8.89. The van der Waals surface area contributed by atoms with Crippen LogP contribution in [0.5, 0.6) is 0 Å². The third-order valence-electron chi connectivity index (χ3n) is 7.11. The van der Waals surface area contributed by atoms with Crippen molar-refractivity contribution in [3.8, 4) is 11.3 Å². The molecule has 3 aromatic heterocycles. The number of carbonyl (C=O) groups excluding carboxylic acids is 1. The molecule has 1 aromatic carbocycles. The molecule has 8 heteroatoms. The van der Waals surface area contributed by atoms with Crippen LogP contribution in [-0.4, -0.2) is 37.1 Å². The number of fused-ring (bicyclic) bond motifs is 1. The minimum absolute atomic E-state index is 0.193. The first-order valence-electron chi connectivity index (χ1n) is 12.2. The molecule has 35 heavy (non-hydrogen) atoms. The zero-order valence-corrected chi connectivity index (χ0v) is 19.3. The van der Waals surface area contributed by atoms with Gasteiger partial charge in [0.2, 0.25) is 5.69 Å². The van der Waals surface area contributed by atoms with Gasteiger partial charge in [0.05, 0.1) is 29.0 Å². The number of nitrogens with zero attached hydrogens (tertiary/aromatic N) is 4. The molecule has 2 aliphatic rings. The average Bonchev–Trinajstić information content (AvgIpc) is 3.63. The molecule has 0 saturated heterocycles. The fourth-order valence-corrected chi connectivity index (χ4v) is 5.00. The van der Waals surface area contributed by atoms with Crippen LogP contribution in [0.2, 0.25) is 0 Å². The van der Waals surface area contributed by atoms with E-state index >= 15 is 0 Å². The van der Waals surface area contributed by atoms with E-state index in [2.05, 4.69) is 10.3 Å². The molecule has 3 heterocycles. The Balaban J connectivity index is 1.38. The maximum absolute atomic E-state index is 13.3. The SMILES string of the molecule is O=C(Nc1cc2cn(C3CCC(O)CC3)nc2cc1-c1ccccn1)c1cccc(C2CC2)[n+]1O. The number of aromatic nitrogens is 4. The van der Waals surface area contributed by atoms with Gasteiger partial charge in [0.15, 0.2) is 0 Å². The van der Waals surface area contributed by atoms with Gasteiger partial charge in [-0.25, -0.2) is 0 Å². The number of aliphatic hydroxyl groups excluding tert-OH is 1. The summed E-state index contributed by atoms with van der Waals surface area (Å²) in [5, 5.41) is 29.3. The molecule has 0 aliphatic heterocycles. The van der Waals surface area contributed by atoms with E-state index in [0.717, 1.165) is 71.1 Å². The number of carbonyl (C=O) groups is 1. The predicted molar refractivity (Wildman–Crippen MR) is 130 cm³/mol. The summed E-state index contributed by atoms with van der Waals surface area (Å²) in [6.45, 7) is 0. The quantitative estimate of drug-likeness (QED) is 0.299. The molecule has 2 fully saturated rings. The van der Waals surface area contributed by atoms with Crippen molar-refractivity contribution in [2.24, 2.45) is 0 Å². The highest BCUT2D eigenvalue weighted by Crippen LogP contribution is 2.38. The minimum Gasteiger partial charge on any atom is -0.393 e. The summed E-state index contributed by atoms with van der Waals surface area (Å²) in [5.74, 6) is -0.0832. The number of aliphatic hydroxyl groups is 1. The Morgan fingerprint density at radius 2 is 1.86 bits per heavy atom. The molecular formula is C27H28N5O3+. The van der Waals surface area contributed by atoms with E-state index in [4.69, 9.17) is 5.10 Å². The second kappa shape index (κ2) is 8.78. The first-order chi connectivity index (χ1) is 17.1. The number of benzene rings is 1. The maximum Gasteiger partial charge on any atom is 0.325 e. The fraction of sp³-hybridized carbons (Fsp3) is 0.333. The Labute approximate surface area is 202 Å². The van der Waals surface area contributed by atoms with Crippen molar-refractivity contribution < 1.29 is 19.8 Å². The molecule has 3 N–H and O–H groups in total. The van der Waals surface area contributed by atoms with Crippen LogP contribution < -0.4 is 10.0 Å². The van der Waals surface area contributed by atoms with Crippen LogP contribution in [0.3, 0.4) is 0 Å². The Morgan fingerprint density at radius 3 is 2.60 bits per heavy atom. The summed E-state index contributed by atoms with van der Waals surface area (Å²) >= 11 is 0. The van der Waals surface area contributed by atoms with Crippen molar-refractivity contribution in [2.75, 3.05) is 5.32 Å². The number of pyridine rings is 2. The molecule has 1 amide bonds. The van der Waals surface area contributed by atoms with Gasteiger partial charge in [0.1, 0.15) is 0 Å². The van der Waals surface area contributed by atoms with E-state index < -0.39 is 0 Å². The Kier molecular flexibility index (Phi) is 5.45. The van der Waals surface area contributed by atoms with Crippen LogP contribution in [-0.2, 0) is 0 Å². The standard InChI is InChI=1S/C27H27N5O3/c33-20-11-9-19(10-12-20)31-16-18-14-24(21(15-23(18)30-31)22-4-1-2-13-28-22)29-27(34)26-6-3-5-25(32(26)35)17-7-8-17/h1-6,13-17,19-20,33H,7-12H2,(H-,29,34,35)/p+1. The van der Waals surface area contributed by atoms with Crippen LogP contribution in [0.1, 0.15) is 66.7 Å². The van der Waals surface area contributed by atoms with Crippen LogP contribution in [0.25, 0.3) is 22.2 Å². The molecule has 0 bridgehead atoms. The van der Waals surface area contributed by atoms with E-state index in [1.165, 1.54) is 0 Å². The van der Waals surface area contributed by atoms with Crippen LogP contribution >= 0.6 is 0 Å². The lowest BCUT2D eigenvalue weighted by molar-refractivity contribution is -0.910. The smallest absolute Gasteiger partial charge is 0.325 e. The molecule has 6 rings (SSSR count). The first kappa shape index (κ1) is 21.7. The minimum atomic E-state index is -0.389. The molecule has 0 unspecified atom stereocenters. The normalized spacial score (nSPS) is 20.1. The molecule has 178 valence electrons. The molecule has 0 radical (unpaired) electrons. The molecule has 2 saturated carbocycles. The second-order valence-electron chi connectivity index (χ2n) is 9.62. The Bertz CT molecular complexity index is 1390. The van der Waals surface area contributed by atoms with E-state index in [-0.39, 0.29) is 23.7 Å². The van der Waals surface area contributed by atoms with Gasteiger partial charge in [-0.05, 0) is 68.9 Å². The van der Waals surface area contributed by atoms with Crippen LogP contribution in [0.4, 0.5) is 5.69 Å². The molecular weight excluding hydrogens is 442 g/mol. The largest absolute Gasteiger partial charge is 0.393 e. The summed E-state index contributed by atoms with van der Waals surface area (Å²) in [6, 6.07) is 15.1. The third-order valence-corrected chi connectivity index (χ3v) is 7.11. The van der Waals surface area contributed by atoms with Crippen molar-refractivity contribution in [1.82, 2.24) is 14.8 Å². The molecule has 8 nitrogen and oxygen atoms in total. The zero-order valence-electron chi connectivity index (χ0n) is 19.3. The maximum atomic E-state index is 13.3. The zero-order chi connectivity index (χ0) is 23.9. The monoisotopic (exact) mass is 470 g/mol.